The maximum Gasteiger partial charge on any atom is 0.167 e. The summed E-state index contributed by atoms with van der Waals surface area (Å²) < 4.78 is 24.5. The Morgan fingerprint density at radius 2 is 2.00 bits per heavy atom. The van der Waals surface area contributed by atoms with E-state index in [9.17, 15) is 4.39 Å². The molecule has 16 heavy (non-hydrogen) atoms. The highest BCUT2D eigenvalue weighted by Gasteiger charge is 2.18. The Kier molecular flexibility index (Phi) is 3.62. The van der Waals surface area contributed by atoms with Crippen LogP contribution >= 0.6 is 0 Å². The number of unbranched alkanes of at least 4 members (excludes halogenated alkanes) is 1. The number of halogens is 1. The topological polar surface area (TPSA) is 44.5 Å². The molecule has 0 saturated heterocycles. The minimum atomic E-state index is -0.221. The summed E-state index contributed by atoms with van der Waals surface area (Å²) in [6.45, 7) is 1.65. The summed E-state index contributed by atoms with van der Waals surface area (Å²) >= 11 is 0. The molecule has 0 spiro atoms. The van der Waals surface area contributed by atoms with E-state index < -0.39 is 0 Å². The van der Waals surface area contributed by atoms with Crippen LogP contribution in [0.5, 0.6) is 11.5 Å². The summed E-state index contributed by atoms with van der Waals surface area (Å²) in [4.78, 5) is 0. The zero-order chi connectivity index (χ0) is 11.4. The molecule has 0 amide bonds. The van der Waals surface area contributed by atoms with Crippen molar-refractivity contribution < 1.29 is 13.9 Å². The zero-order valence-corrected chi connectivity index (χ0v) is 9.17. The number of hydrogen-bond acceptors (Lipinski definition) is 3. The first kappa shape index (κ1) is 11.2. The van der Waals surface area contributed by atoms with Crippen LogP contribution in [0.3, 0.4) is 0 Å². The molecule has 0 saturated carbocycles. The number of fused-ring (bicyclic) bond motifs is 1. The Labute approximate surface area is 94.3 Å². The molecule has 0 radical (unpaired) electrons. The molecular formula is C12H16FNO2. The molecule has 2 N–H and O–H groups in total. The second kappa shape index (κ2) is 5.16. The molecular weight excluding hydrogens is 209 g/mol. The van der Waals surface area contributed by atoms with E-state index in [1.807, 2.05) is 0 Å². The molecule has 0 unspecified atom stereocenters. The van der Waals surface area contributed by atoms with Gasteiger partial charge in [0.25, 0.3) is 0 Å². The maximum atomic E-state index is 13.6. The third-order valence-corrected chi connectivity index (χ3v) is 2.64. The fraction of sp³-hybridized carbons (Fsp3) is 0.500. The van der Waals surface area contributed by atoms with Gasteiger partial charge in [-0.1, -0.05) is 0 Å². The standard InChI is InChI=1S/C12H16FNO2/c13-10-4-5-11-12(16-8-7-15-11)9(10)3-1-2-6-14/h4-5H,1-3,6-8,14H2. The van der Waals surface area contributed by atoms with Crippen molar-refractivity contribution in [2.45, 2.75) is 19.3 Å². The lowest BCUT2D eigenvalue weighted by Crippen LogP contribution is -2.17. The number of benzene rings is 1. The van der Waals surface area contributed by atoms with Crippen LogP contribution in [-0.4, -0.2) is 19.8 Å². The molecule has 3 nitrogen and oxygen atoms in total. The first-order valence-electron chi connectivity index (χ1n) is 5.60. The van der Waals surface area contributed by atoms with E-state index in [-0.39, 0.29) is 5.82 Å². The lowest BCUT2D eigenvalue weighted by molar-refractivity contribution is 0.168. The summed E-state index contributed by atoms with van der Waals surface area (Å²) in [7, 11) is 0. The second-order valence-electron chi connectivity index (χ2n) is 3.80. The molecule has 1 aliphatic heterocycles. The fourth-order valence-corrected chi connectivity index (χ4v) is 1.83. The number of rotatable bonds is 4. The summed E-state index contributed by atoms with van der Waals surface area (Å²) in [5.74, 6) is 1.000. The van der Waals surface area contributed by atoms with Crippen molar-refractivity contribution in [2.75, 3.05) is 19.8 Å². The van der Waals surface area contributed by atoms with Gasteiger partial charge in [0.1, 0.15) is 19.0 Å². The highest BCUT2D eigenvalue weighted by molar-refractivity contribution is 5.48. The first-order valence-corrected chi connectivity index (χ1v) is 5.60. The van der Waals surface area contributed by atoms with Crippen LogP contribution in [0.2, 0.25) is 0 Å². The van der Waals surface area contributed by atoms with Gasteiger partial charge in [0.05, 0.1) is 0 Å². The van der Waals surface area contributed by atoms with Gasteiger partial charge in [0, 0.05) is 5.56 Å². The fourth-order valence-electron chi connectivity index (χ4n) is 1.83. The predicted molar refractivity (Wildman–Crippen MR) is 59.4 cm³/mol. The lowest BCUT2D eigenvalue weighted by Gasteiger charge is -2.21. The van der Waals surface area contributed by atoms with Crippen LogP contribution < -0.4 is 15.2 Å². The smallest absolute Gasteiger partial charge is 0.167 e. The Morgan fingerprint density at radius 1 is 1.19 bits per heavy atom. The molecule has 88 valence electrons. The molecule has 4 heteroatoms. The average molecular weight is 225 g/mol. The number of ether oxygens (including phenoxy) is 2. The molecule has 1 aromatic rings. The van der Waals surface area contributed by atoms with Crippen LogP contribution in [0, 0.1) is 5.82 Å². The van der Waals surface area contributed by atoms with E-state index >= 15 is 0 Å². The second-order valence-corrected chi connectivity index (χ2v) is 3.80. The van der Waals surface area contributed by atoms with E-state index in [2.05, 4.69) is 0 Å². The van der Waals surface area contributed by atoms with Crippen molar-refractivity contribution in [1.29, 1.82) is 0 Å². The third-order valence-electron chi connectivity index (χ3n) is 2.64. The van der Waals surface area contributed by atoms with E-state index in [1.54, 1.807) is 6.07 Å². The summed E-state index contributed by atoms with van der Waals surface area (Å²) in [6.07, 6.45) is 2.41. The molecule has 0 aromatic heterocycles. The SMILES string of the molecule is NCCCCc1c(F)ccc2c1OCCO2. The van der Waals surface area contributed by atoms with Crippen LogP contribution in [0.15, 0.2) is 12.1 Å². The summed E-state index contributed by atoms with van der Waals surface area (Å²) in [5.41, 5.74) is 6.04. The number of hydrogen-bond donors (Lipinski definition) is 1. The summed E-state index contributed by atoms with van der Waals surface area (Å²) in [5, 5.41) is 0. The van der Waals surface area contributed by atoms with Gasteiger partial charge in [-0.15, -0.1) is 0 Å². The van der Waals surface area contributed by atoms with E-state index in [0.29, 0.717) is 43.2 Å². The van der Waals surface area contributed by atoms with Gasteiger partial charge in [0.15, 0.2) is 11.5 Å². The highest BCUT2D eigenvalue weighted by atomic mass is 19.1. The van der Waals surface area contributed by atoms with Gasteiger partial charge in [-0.2, -0.15) is 0 Å². The molecule has 1 aromatic carbocycles. The van der Waals surface area contributed by atoms with Gasteiger partial charge in [-0.05, 0) is 37.9 Å². The molecule has 0 aliphatic carbocycles. The average Bonchev–Trinajstić information content (AvgIpc) is 2.32. The van der Waals surface area contributed by atoms with Crippen molar-refractivity contribution >= 4 is 0 Å². The van der Waals surface area contributed by atoms with Crippen molar-refractivity contribution in [2.24, 2.45) is 5.73 Å². The quantitative estimate of drug-likeness (QED) is 0.796. The van der Waals surface area contributed by atoms with Crippen LogP contribution in [0.4, 0.5) is 4.39 Å². The molecule has 1 heterocycles. The lowest BCUT2D eigenvalue weighted by atomic mass is 10.1. The van der Waals surface area contributed by atoms with Crippen molar-refractivity contribution in [3.8, 4) is 11.5 Å². The monoisotopic (exact) mass is 225 g/mol. The predicted octanol–water partition coefficient (Wildman–Crippen LogP) is 1.88. The molecule has 2 rings (SSSR count). The Balaban J connectivity index is 2.20. The number of nitrogens with two attached hydrogens (primary N) is 1. The van der Waals surface area contributed by atoms with E-state index in [4.69, 9.17) is 15.2 Å². The normalized spacial score (nSPS) is 13.9. The van der Waals surface area contributed by atoms with Gasteiger partial charge >= 0.3 is 0 Å². The van der Waals surface area contributed by atoms with Crippen LogP contribution in [-0.2, 0) is 6.42 Å². The van der Waals surface area contributed by atoms with Crippen molar-refractivity contribution in [1.82, 2.24) is 0 Å². The Hall–Kier alpha value is -1.29. The van der Waals surface area contributed by atoms with Crippen molar-refractivity contribution in [3.05, 3.63) is 23.5 Å². The highest BCUT2D eigenvalue weighted by Crippen LogP contribution is 2.36. The maximum absolute atomic E-state index is 13.6. The Morgan fingerprint density at radius 3 is 2.81 bits per heavy atom. The zero-order valence-electron chi connectivity index (χ0n) is 9.17. The van der Waals surface area contributed by atoms with E-state index in [1.165, 1.54) is 6.07 Å². The minimum absolute atomic E-state index is 0.221. The van der Waals surface area contributed by atoms with Gasteiger partial charge in [0.2, 0.25) is 0 Å². The van der Waals surface area contributed by atoms with Crippen molar-refractivity contribution in [3.63, 3.8) is 0 Å². The first-order chi connectivity index (χ1) is 7.83. The third kappa shape index (κ3) is 2.27. The van der Waals surface area contributed by atoms with Gasteiger partial charge < -0.3 is 15.2 Å². The minimum Gasteiger partial charge on any atom is -0.486 e. The van der Waals surface area contributed by atoms with Gasteiger partial charge in [-0.3, -0.25) is 0 Å². The van der Waals surface area contributed by atoms with E-state index in [0.717, 1.165) is 12.8 Å². The molecule has 0 bridgehead atoms. The summed E-state index contributed by atoms with van der Waals surface area (Å²) in [6, 6.07) is 3.06. The molecule has 0 fully saturated rings. The van der Waals surface area contributed by atoms with Gasteiger partial charge in [-0.25, -0.2) is 4.39 Å². The molecule has 0 atom stereocenters. The molecule has 1 aliphatic rings. The Bertz CT molecular complexity index is 368. The largest absolute Gasteiger partial charge is 0.486 e. The van der Waals surface area contributed by atoms with Crippen LogP contribution in [0.25, 0.3) is 0 Å². The van der Waals surface area contributed by atoms with Crippen LogP contribution in [0.1, 0.15) is 18.4 Å².